The normalized spacial score (nSPS) is 13.8. The van der Waals surface area contributed by atoms with Crippen LogP contribution in [0.5, 0.6) is 11.5 Å². The van der Waals surface area contributed by atoms with Crippen molar-refractivity contribution in [3.63, 3.8) is 0 Å². The molecule has 3 aromatic rings. The number of rotatable bonds is 4. The van der Waals surface area contributed by atoms with E-state index in [1.54, 1.807) is 0 Å². The van der Waals surface area contributed by atoms with E-state index >= 15 is 0 Å². The van der Waals surface area contributed by atoms with E-state index in [-0.39, 0.29) is 22.7 Å². The Morgan fingerprint density at radius 1 is 0.964 bits per heavy atom. The molecule has 0 atom stereocenters. The van der Waals surface area contributed by atoms with E-state index in [1.165, 1.54) is 13.2 Å². The van der Waals surface area contributed by atoms with E-state index in [0.29, 0.717) is 11.1 Å². The number of nitrogens with zero attached hydrogens (tertiary/aromatic N) is 1. The van der Waals surface area contributed by atoms with Crippen LogP contribution in [0.2, 0.25) is 0 Å². The van der Waals surface area contributed by atoms with Crippen molar-refractivity contribution in [1.82, 2.24) is 0 Å². The Kier molecular flexibility index (Phi) is 4.19. The highest BCUT2D eigenvalue weighted by atomic mass is 16.7. The topological polar surface area (TPSA) is 87.9 Å². The molecule has 0 aromatic heterocycles. The number of nitro groups is 1. The second-order valence-corrected chi connectivity index (χ2v) is 6.12. The molecule has 0 saturated carbocycles. The van der Waals surface area contributed by atoms with Gasteiger partial charge in [0.25, 0.3) is 0 Å². The number of fused-ring (bicyclic) bond motifs is 1. The lowest BCUT2D eigenvalue weighted by molar-refractivity contribution is -0.386. The van der Waals surface area contributed by atoms with Gasteiger partial charge in [0.15, 0.2) is 5.75 Å². The molecule has 0 spiro atoms. The van der Waals surface area contributed by atoms with Gasteiger partial charge in [-0.15, -0.1) is 0 Å². The van der Waals surface area contributed by atoms with Gasteiger partial charge in [0.1, 0.15) is 0 Å². The first-order valence-electron chi connectivity index (χ1n) is 8.45. The summed E-state index contributed by atoms with van der Waals surface area (Å²) >= 11 is 0. The average molecular weight is 377 g/mol. The second-order valence-electron chi connectivity index (χ2n) is 6.12. The van der Waals surface area contributed by atoms with Gasteiger partial charge in [0.2, 0.25) is 5.75 Å². The molecule has 7 nitrogen and oxygen atoms in total. The summed E-state index contributed by atoms with van der Waals surface area (Å²) in [6, 6.07) is 20.8. The third-order valence-electron chi connectivity index (χ3n) is 4.46. The molecular formula is C21H15NO6. The summed E-state index contributed by atoms with van der Waals surface area (Å²) in [6.07, 6.45) is 0. The molecule has 1 heterocycles. The maximum absolute atomic E-state index is 11.9. The van der Waals surface area contributed by atoms with Crippen molar-refractivity contribution in [2.24, 2.45) is 0 Å². The number of carbonyl (C=O) groups excluding carboxylic acids is 1. The van der Waals surface area contributed by atoms with Crippen LogP contribution in [0, 0.1) is 10.1 Å². The van der Waals surface area contributed by atoms with E-state index in [1.807, 2.05) is 60.7 Å². The highest BCUT2D eigenvalue weighted by Gasteiger charge is 2.48. The molecule has 1 aliphatic heterocycles. The summed E-state index contributed by atoms with van der Waals surface area (Å²) in [5.41, 5.74) is 0.956. The predicted molar refractivity (Wildman–Crippen MR) is 99.4 cm³/mol. The molecule has 0 amide bonds. The minimum Gasteiger partial charge on any atom is -0.465 e. The van der Waals surface area contributed by atoms with Gasteiger partial charge in [-0.3, -0.25) is 10.1 Å². The Labute approximate surface area is 160 Å². The molecule has 7 heteroatoms. The molecule has 140 valence electrons. The first-order chi connectivity index (χ1) is 13.5. The van der Waals surface area contributed by atoms with Crippen LogP contribution in [-0.2, 0) is 10.5 Å². The molecule has 0 bridgehead atoms. The maximum Gasteiger partial charge on any atom is 0.338 e. The molecule has 1 aliphatic rings. The Morgan fingerprint density at radius 3 is 2.04 bits per heavy atom. The Morgan fingerprint density at radius 2 is 1.54 bits per heavy atom. The van der Waals surface area contributed by atoms with E-state index in [4.69, 9.17) is 14.2 Å². The number of carbonyl (C=O) groups is 1. The minimum absolute atomic E-state index is 0.00785. The number of benzene rings is 3. The fourth-order valence-electron chi connectivity index (χ4n) is 3.17. The van der Waals surface area contributed by atoms with Crippen LogP contribution in [0.4, 0.5) is 5.69 Å². The van der Waals surface area contributed by atoms with Gasteiger partial charge in [0.05, 0.1) is 17.6 Å². The van der Waals surface area contributed by atoms with Gasteiger partial charge in [0, 0.05) is 17.2 Å². The summed E-state index contributed by atoms with van der Waals surface area (Å²) in [6.45, 7) is 0. The van der Waals surface area contributed by atoms with Gasteiger partial charge in [-0.1, -0.05) is 60.7 Å². The Hall–Kier alpha value is -3.87. The number of hydrogen-bond acceptors (Lipinski definition) is 6. The fourth-order valence-corrected chi connectivity index (χ4v) is 3.17. The van der Waals surface area contributed by atoms with Crippen LogP contribution in [0.15, 0.2) is 72.8 Å². The average Bonchev–Trinajstić information content (AvgIpc) is 3.14. The third-order valence-corrected chi connectivity index (χ3v) is 4.46. The molecule has 0 radical (unpaired) electrons. The van der Waals surface area contributed by atoms with Crippen molar-refractivity contribution in [2.45, 2.75) is 5.79 Å². The summed E-state index contributed by atoms with van der Waals surface area (Å²) in [5, 5.41) is 11.6. The SMILES string of the molecule is COC(=O)c1cc2c(c([N+](=O)[O-])c1)OC(c1ccccc1)(c1ccccc1)O2. The highest BCUT2D eigenvalue weighted by Crippen LogP contribution is 2.52. The van der Waals surface area contributed by atoms with Crippen molar-refractivity contribution in [3.05, 3.63) is 99.6 Å². The van der Waals surface area contributed by atoms with Crippen molar-refractivity contribution >= 4 is 11.7 Å². The summed E-state index contributed by atoms with van der Waals surface area (Å²) < 4.78 is 17.0. The smallest absolute Gasteiger partial charge is 0.338 e. The van der Waals surface area contributed by atoms with E-state index < -0.39 is 16.7 Å². The van der Waals surface area contributed by atoms with E-state index in [0.717, 1.165) is 6.07 Å². The molecule has 28 heavy (non-hydrogen) atoms. The monoisotopic (exact) mass is 377 g/mol. The standard InChI is InChI=1S/C21H15NO6/c1-26-20(23)14-12-17(22(24)25)19-18(13-14)27-21(28-19,15-8-4-2-5-9-15)16-10-6-3-7-11-16/h2-13H,1H3. The van der Waals surface area contributed by atoms with Gasteiger partial charge in [-0.05, 0) is 6.07 Å². The van der Waals surface area contributed by atoms with Crippen LogP contribution in [0.3, 0.4) is 0 Å². The van der Waals surface area contributed by atoms with E-state index in [2.05, 4.69) is 0 Å². The predicted octanol–water partition coefficient (Wildman–Crippen LogP) is 4.05. The zero-order valence-corrected chi connectivity index (χ0v) is 14.8. The van der Waals surface area contributed by atoms with Crippen LogP contribution in [0.1, 0.15) is 21.5 Å². The second kappa shape index (κ2) is 6.70. The molecular weight excluding hydrogens is 362 g/mol. The van der Waals surface area contributed by atoms with Crippen LogP contribution in [-0.4, -0.2) is 18.0 Å². The van der Waals surface area contributed by atoms with E-state index in [9.17, 15) is 14.9 Å². The third kappa shape index (κ3) is 2.73. The van der Waals surface area contributed by atoms with Crippen molar-refractivity contribution in [1.29, 1.82) is 0 Å². The van der Waals surface area contributed by atoms with Crippen molar-refractivity contribution in [3.8, 4) is 11.5 Å². The lowest BCUT2D eigenvalue weighted by atomic mass is 9.97. The zero-order chi connectivity index (χ0) is 19.7. The quantitative estimate of drug-likeness (QED) is 0.387. The van der Waals surface area contributed by atoms with Gasteiger partial charge < -0.3 is 14.2 Å². The molecule has 0 aliphatic carbocycles. The van der Waals surface area contributed by atoms with Crippen molar-refractivity contribution in [2.75, 3.05) is 7.11 Å². The highest BCUT2D eigenvalue weighted by molar-refractivity contribution is 5.91. The van der Waals surface area contributed by atoms with Crippen molar-refractivity contribution < 1.29 is 23.9 Å². The Balaban J connectivity index is 1.93. The molecule has 0 fully saturated rings. The van der Waals surface area contributed by atoms with Crippen LogP contribution >= 0.6 is 0 Å². The lowest BCUT2D eigenvalue weighted by Crippen LogP contribution is -2.36. The molecule has 0 unspecified atom stereocenters. The van der Waals surface area contributed by atoms with Gasteiger partial charge >= 0.3 is 17.4 Å². The lowest BCUT2D eigenvalue weighted by Gasteiger charge is -2.28. The molecule has 0 N–H and O–H groups in total. The maximum atomic E-state index is 11.9. The summed E-state index contributed by atoms with van der Waals surface area (Å²) in [5.74, 6) is -2.05. The number of ether oxygens (including phenoxy) is 3. The largest absolute Gasteiger partial charge is 0.465 e. The molecule has 4 rings (SSSR count). The summed E-state index contributed by atoms with van der Waals surface area (Å²) in [4.78, 5) is 23.0. The number of nitro benzene ring substituents is 1. The van der Waals surface area contributed by atoms with Gasteiger partial charge in [-0.25, -0.2) is 4.79 Å². The summed E-state index contributed by atoms with van der Waals surface area (Å²) in [7, 11) is 1.21. The van der Waals surface area contributed by atoms with Gasteiger partial charge in [-0.2, -0.15) is 0 Å². The first-order valence-corrected chi connectivity index (χ1v) is 8.45. The number of hydrogen-bond donors (Lipinski definition) is 0. The Bertz CT molecular complexity index is 1010. The minimum atomic E-state index is -1.41. The molecule has 0 saturated heterocycles. The number of esters is 1. The van der Waals surface area contributed by atoms with Crippen LogP contribution in [0.25, 0.3) is 0 Å². The first kappa shape index (κ1) is 17.5. The fraction of sp³-hybridized carbons (Fsp3) is 0.0952. The zero-order valence-electron chi connectivity index (χ0n) is 14.8. The van der Waals surface area contributed by atoms with Crippen LogP contribution < -0.4 is 9.47 Å². The number of methoxy groups -OCH3 is 1. The molecule has 3 aromatic carbocycles.